The van der Waals surface area contributed by atoms with E-state index in [-0.39, 0.29) is 0 Å². The minimum Gasteiger partial charge on any atom is -0.388 e. The van der Waals surface area contributed by atoms with Crippen molar-refractivity contribution in [3.8, 4) is 0 Å². The number of hydrogen-bond acceptors (Lipinski definition) is 5. The van der Waals surface area contributed by atoms with Crippen molar-refractivity contribution in [3.05, 3.63) is 11.4 Å². The summed E-state index contributed by atoms with van der Waals surface area (Å²) >= 11 is 0. The molecule has 0 amide bonds. The van der Waals surface area contributed by atoms with Gasteiger partial charge in [0.15, 0.2) is 0 Å². The van der Waals surface area contributed by atoms with Crippen molar-refractivity contribution in [2.24, 2.45) is 0 Å². The average molecular weight is 264 g/mol. The van der Waals surface area contributed by atoms with Crippen LogP contribution in [0.5, 0.6) is 0 Å². The Balaban J connectivity index is 2.14. The Labute approximate surface area is 114 Å². The lowest BCUT2D eigenvalue weighted by atomic mass is 9.80. The fourth-order valence-corrected chi connectivity index (χ4v) is 2.32. The summed E-state index contributed by atoms with van der Waals surface area (Å²) < 4.78 is 0. The first kappa shape index (κ1) is 14.1. The summed E-state index contributed by atoms with van der Waals surface area (Å²) in [5.41, 5.74) is 0.465. The molecule has 1 fully saturated rings. The molecule has 19 heavy (non-hydrogen) atoms. The summed E-state index contributed by atoms with van der Waals surface area (Å²) in [7, 11) is 1.87. The second kappa shape index (κ2) is 5.74. The van der Waals surface area contributed by atoms with E-state index in [1.54, 1.807) is 0 Å². The number of anilines is 2. The highest BCUT2D eigenvalue weighted by Crippen LogP contribution is 2.32. The zero-order chi connectivity index (χ0) is 13.9. The van der Waals surface area contributed by atoms with Crippen LogP contribution in [-0.4, -0.2) is 34.3 Å². The highest BCUT2D eigenvalue weighted by molar-refractivity contribution is 5.57. The van der Waals surface area contributed by atoms with E-state index >= 15 is 0 Å². The molecule has 1 aromatic rings. The first-order valence-electron chi connectivity index (χ1n) is 7.09. The van der Waals surface area contributed by atoms with Gasteiger partial charge in [0, 0.05) is 25.6 Å². The molecule has 0 saturated heterocycles. The Hall–Kier alpha value is -1.36. The van der Waals surface area contributed by atoms with E-state index in [1.165, 1.54) is 0 Å². The Kier molecular flexibility index (Phi) is 4.24. The molecule has 0 spiro atoms. The minimum absolute atomic E-state index is 0.540. The fourth-order valence-electron chi connectivity index (χ4n) is 2.32. The standard InChI is InChI=1S/C14H24N4O/c1-4-6-11-17-12(15-3)10(2)13(18-11)16-9-14(19)7-5-8-14/h19H,4-9H2,1-3H3,(H2,15,16,17,18). The van der Waals surface area contributed by atoms with Crippen molar-refractivity contribution < 1.29 is 5.11 Å². The Bertz CT molecular complexity index is 443. The summed E-state index contributed by atoms with van der Waals surface area (Å²) in [5.74, 6) is 2.55. The van der Waals surface area contributed by atoms with Gasteiger partial charge in [0.2, 0.25) is 0 Å². The maximum absolute atomic E-state index is 10.1. The highest BCUT2D eigenvalue weighted by atomic mass is 16.3. The van der Waals surface area contributed by atoms with Gasteiger partial charge in [0.25, 0.3) is 0 Å². The zero-order valence-corrected chi connectivity index (χ0v) is 12.1. The average Bonchev–Trinajstić information content (AvgIpc) is 2.37. The molecular formula is C14H24N4O. The van der Waals surface area contributed by atoms with Gasteiger partial charge in [-0.2, -0.15) is 0 Å². The molecular weight excluding hydrogens is 240 g/mol. The van der Waals surface area contributed by atoms with Gasteiger partial charge in [-0.3, -0.25) is 0 Å². The van der Waals surface area contributed by atoms with Crippen molar-refractivity contribution in [2.45, 2.75) is 51.6 Å². The van der Waals surface area contributed by atoms with Crippen LogP contribution in [0.3, 0.4) is 0 Å². The molecule has 1 saturated carbocycles. The Morgan fingerprint density at radius 1 is 1.26 bits per heavy atom. The van der Waals surface area contributed by atoms with Crippen LogP contribution < -0.4 is 10.6 Å². The lowest BCUT2D eigenvalue weighted by Crippen LogP contribution is -2.43. The molecule has 0 bridgehead atoms. The molecule has 0 atom stereocenters. The molecule has 5 nitrogen and oxygen atoms in total. The number of nitrogens with zero attached hydrogens (tertiary/aromatic N) is 2. The SMILES string of the molecule is CCCc1nc(NC)c(C)c(NCC2(O)CCC2)n1. The minimum atomic E-state index is -0.540. The molecule has 0 unspecified atom stereocenters. The maximum Gasteiger partial charge on any atom is 0.134 e. The molecule has 1 heterocycles. The van der Waals surface area contributed by atoms with Gasteiger partial charge in [-0.1, -0.05) is 6.92 Å². The summed E-state index contributed by atoms with van der Waals surface area (Å²) in [6, 6.07) is 0. The van der Waals surface area contributed by atoms with Crippen molar-refractivity contribution in [1.29, 1.82) is 0 Å². The first-order valence-corrected chi connectivity index (χ1v) is 7.09. The quantitative estimate of drug-likeness (QED) is 0.734. The van der Waals surface area contributed by atoms with Gasteiger partial charge >= 0.3 is 0 Å². The molecule has 3 N–H and O–H groups in total. The van der Waals surface area contributed by atoms with Gasteiger partial charge < -0.3 is 15.7 Å². The number of nitrogens with one attached hydrogen (secondary N) is 2. The molecule has 2 rings (SSSR count). The van der Waals surface area contributed by atoms with Gasteiger partial charge in [0.1, 0.15) is 17.5 Å². The van der Waals surface area contributed by atoms with E-state index in [2.05, 4.69) is 27.5 Å². The number of rotatable bonds is 6. The van der Waals surface area contributed by atoms with Crippen LogP contribution in [0.1, 0.15) is 44.0 Å². The van der Waals surface area contributed by atoms with E-state index in [0.29, 0.717) is 6.54 Å². The van der Waals surface area contributed by atoms with Crippen LogP contribution in [0.4, 0.5) is 11.6 Å². The number of aromatic nitrogens is 2. The van der Waals surface area contributed by atoms with Gasteiger partial charge in [0.05, 0.1) is 5.60 Å². The lowest BCUT2D eigenvalue weighted by molar-refractivity contribution is -0.0202. The van der Waals surface area contributed by atoms with Crippen molar-refractivity contribution in [2.75, 3.05) is 24.2 Å². The van der Waals surface area contributed by atoms with Crippen LogP contribution in [-0.2, 0) is 6.42 Å². The van der Waals surface area contributed by atoms with Crippen molar-refractivity contribution in [3.63, 3.8) is 0 Å². The molecule has 1 aliphatic rings. The predicted molar refractivity (Wildman–Crippen MR) is 77.6 cm³/mol. The third kappa shape index (κ3) is 3.15. The van der Waals surface area contributed by atoms with Crippen LogP contribution in [0, 0.1) is 6.92 Å². The van der Waals surface area contributed by atoms with Crippen LogP contribution >= 0.6 is 0 Å². The van der Waals surface area contributed by atoms with E-state index in [9.17, 15) is 5.11 Å². The van der Waals surface area contributed by atoms with Crippen LogP contribution in [0.2, 0.25) is 0 Å². The molecule has 0 radical (unpaired) electrons. The second-order valence-corrected chi connectivity index (χ2v) is 5.39. The van der Waals surface area contributed by atoms with E-state index in [0.717, 1.165) is 55.1 Å². The molecule has 0 aromatic carbocycles. The third-order valence-electron chi connectivity index (χ3n) is 3.77. The summed E-state index contributed by atoms with van der Waals surface area (Å²) in [6.45, 7) is 4.68. The highest BCUT2D eigenvalue weighted by Gasteiger charge is 2.34. The van der Waals surface area contributed by atoms with Gasteiger partial charge in [-0.05, 0) is 32.6 Å². The molecule has 1 aliphatic carbocycles. The normalized spacial score (nSPS) is 16.8. The summed E-state index contributed by atoms with van der Waals surface area (Å²) in [4.78, 5) is 9.05. The lowest BCUT2D eigenvalue weighted by Gasteiger charge is -2.36. The Morgan fingerprint density at radius 3 is 2.47 bits per heavy atom. The van der Waals surface area contributed by atoms with Crippen molar-refractivity contribution in [1.82, 2.24) is 9.97 Å². The van der Waals surface area contributed by atoms with Crippen LogP contribution in [0.25, 0.3) is 0 Å². The molecule has 5 heteroatoms. The van der Waals surface area contributed by atoms with E-state index in [4.69, 9.17) is 0 Å². The first-order chi connectivity index (χ1) is 9.08. The smallest absolute Gasteiger partial charge is 0.134 e. The third-order valence-corrected chi connectivity index (χ3v) is 3.77. The fraction of sp³-hybridized carbons (Fsp3) is 0.714. The summed E-state index contributed by atoms with van der Waals surface area (Å²) in [5, 5.41) is 16.5. The number of hydrogen-bond donors (Lipinski definition) is 3. The van der Waals surface area contributed by atoms with Gasteiger partial charge in [-0.15, -0.1) is 0 Å². The maximum atomic E-state index is 10.1. The summed E-state index contributed by atoms with van der Waals surface area (Å²) in [6.07, 6.45) is 4.77. The van der Waals surface area contributed by atoms with E-state index in [1.807, 2.05) is 14.0 Å². The monoisotopic (exact) mass is 264 g/mol. The van der Waals surface area contributed by atoms with Gasteiger partial charge in [-0.25, -0.2) is 9.97 Å². The number of aliphatic hydroxyl groups is 1. The second-order valence-electron chi connectivity index (χ2n) is 5.39. The zero-order valence-electron chi connectivity index (χ0n) is 12.1. The largest absolute Gasteiger partial charge is 0.388 e. The molecule has 106 valence electrons. The topological polar surface area (TPSA) is 70.1 Å². The van der Waals surface area contributed by atoms with E-state index < -0.39 is 5.60 Å². The molecule has 0 aliphatic heterocycles. The van der Waals surface area contributed by atoms with Crippen molar-refractivity contribution >= 4 is 11.6 Å². The predicted octanol–water partition coefficient (Wildman–Crippen LogP) is 2.11. The Morgan fingerprint density at radius 2 is 1.95 bits per heavy atom. The number of aryl methyl sites for hydroxylation is 1. The molecule has 1 aromatic heterocycles. The van der Waals surface area contributed by atoms with Crippen LogP contribution in [0.15, 0.2) is 0 Å².